The van der Waals surface area contributed by atoms with Crippen LogP contribution in [0.1, 0.15) is 16.1 Å². The summed E-state index contributed by atoms with van der Waals surface area (Å²) in [5, 5.41) is 10.7. The van der Waals surface area contributed by atoms with Crippen LogP contribution in [-0.4, -0.2) is 20.9 Å². The Labute approximate surface area is 121 Å². The number of aromatic nitrogens is 2. The summed E-state index contributed by atoms with van der Waals surface area (Å²) in [7, 11) is 0. The first kappa shape index (κ1) is 13.0. The van der Waals surface area contributed by atoms with E-state index in [1.807, 2.05) is 18.2 Å². The van der Waals surface area contributed by atoms with E-state index in [2.05, 4.69) is 9.97 Å². The van der Waals surface area contributed by atoms with E-state index in [9.17, 15) is 9.90 Å². The fourth-order valence-electron chi connectivity index (χ4n) is 2.04. The highest BCUT2D eigenvalue weighted by atomic mass is 16.3. The van der Waals surface area contributed by atoms with Gasteiger partial charge in [0, 0.05) is 29.4 Å². The van der Waals surface area contributed by atoms with Crippen LogP contribution in [0.15, 0.2) is 60.9 Å². The van der Waals surface area contributed by atoms with Gasteiger partial charge in [0.05, 0.1) is 11.2 Å². The van der Waals surface area contributed by atoms with Gasteiger partial charge in [-0.3, -0.25) is 9.78 Å². The van der Waals surface area contributed by atoms with Gasteiger partial charge in [-0.15, -0.1) is 0 Å². The van der Waals surface area contributed by atoms with Crippen LogP contribution in [0.2, 0.25) is 0 Å². The van der Waals surface area contributed by atoms with Crippen LogP contribution < -0.4 is 0 Å². The number of benzene rings is 1. The summed E-state index contributed by atoms with van der Waals surface area (Å²) < 4.78 is 0. The maximum Gasteiger partial charge on any atom is 0.186 e. The molecule has 3 rings (SSSR count). The van der Waals surface area contributed by atoms with Crippen molar-refractivity contribution in [3.63, 3.8) is 0 Å². The number of nitrogens with zero attached hydrogens (tertiary/aromatic N) is 2. The molecule has 0 aliphatic heterocycles. The third kappa shape index (κ3) is 2.79. The van der Waals surface area contributed by atoms with Crippen molar-refractivity contribution in [1.82, 2.24) is 9.97 Å². The van der Waals surface area contributed by atoms with Crippen molar-refractivity contribution >= 4 is 22.8 Å². The number of pyridine rings is 2. The standard InChI is InChI=1S/C17H12N2O2/c20-16(12-7-9-18-10-8-12)6-5-13-11-17(21)14-3-1-2-4-15(14)19-13/h1-11H,(H,19,21)/b6-5+. The van der Waals surface area contributed by atoms with Gasteiger partial charge in [0.2, 0.25) is 0 Å². The van der Waals surface area contributed by atoms with E-state index < -0.39 is 0 Å². The molecular weight excluding hydrogens is 264 g/mol. The van der Waals surface area contributed by atoms with Crippen molar-refractivity contribution in [2.24, 2.45) is 0 Å². The topological polar surface area (TPSA) is 63.1 Å². The monoisotopic (exact) mass is 276 g/mol. The number of aromatic hydroxyl groups is 1. The largest absolute Gasteiger partial charge is 0.507 e. The Morgan fingerprint density at radius 2 is 1.86 bits per heavy atom. The summed E-state index contributed by atoms with van der Waals surface area (Å²) in [6.45, 7) is 0. The maximum absolute atomic E-state index is 12.0. The molecule has 4 nitrogen and oxygen atoms in total. The van der Waals surface area contributed by atoms with Gasteiger partial charge in [0.1, 0.15) is 5.75 Å². The highest BCUT2D eigenvalue weighted by Crippen LogP contribution is 2.24. The lowest BCUT2D eigenvalue weighted by molar-refractivity contribution is 0.104. The van der Waals surface area contributed by atoms with E-state index in [-0.39, 0.29) is 11.5 Å². The number of ketones is 1. The lowest BCUT2D eigenvalue weighted by Crippen LogP contribution is -1.94. The SMILES string of the molecule is O=C(/C=C/c1cc(O)c2ccccc2n1)c1ccncc1. The number of para-hydroxylation sites is 1. The first-order valence-corrected chi connectivity index (χ1v) is 6.45. The second kappa shape index (κ2) is 5.54. The van der Waals surface area contributed by atoms with Crippen LogP contribution in [0, 0.1) is 0 Å². The van der Waals surface area contributed by atoms with Gasteiger partial charge < -0.3 is 5.11 Å². The summed E-state index contributed by atoms with van der Waals surface area (Å²) in [4.78, 5) is 20.2. The molecule has 0 fully saturated rings. The Morgan fingerprint density at radius 3 is 2.67 bits per heavy atom. The summed E-state index contributed by atoms with van der Waals surface area (Å²) in [6, 6.07) is 12.1. The molecule has 0 aliphatic rings. The van der Waals surface area contributed by atoms with Gasteiger partial charge in [-0.1, -0.05) is 12.1 Å². The molecule has 2 aromatic heterocycles. The molecule has 21 heavy (non-hydrogen) atoms. The minimum absolute atomic E-state index is 0.133. The molecule has 102 valence electrons. The van der Waals surface area contributed by atoms with Crippen molar-refractivity contribution in [3.8, 4) is 5.75 Å². The van der Waals surface area contributed by atoms with Crippen molar-refractivity contribution in [3.05, 3.63) is 72.2 Å². The minimum atomic E-state index is -0.133. The Hall–Kier alpha value is -3.01. The van der Waals surface area contributed by atoms with Crippen molar-refractivity contribution in [2.75, 3.05) is 0 Å². The zero-order chi connectivity index (χ0) is 14.7. The van der Waals surface area contributed by atoms with Crippen LogP contribution in [0.3, 0.4) is 0 Å². The lowest BCUT2D eigenvalue weighted by atomic mass is 10.1. The Kier molecular flexibility index (Phi) is 3.43. The first-order chi connectivity index (χ1) is 10.2. The molecule has 0 bridgehead atoms. The third-order valence-electron chi connectivity index (χ3n) is 3.08. The lowest BCUT2D eigenvalue weighted by Gasteiger charge is -2.02. The van der Waals surface area contributed by atoms with E-state index in [0.717, 1.165) is 0 Å². The zero-order valence-corrected chi connectivity index (χ0v) is 11.1. The van der Waals surface area contributed by atoms with Crippen molar-refractivity contribution < 1.29 is 9.90 Å². The van der Waals surface area contributed by atoms with E-state index in [4.69, 9.17) is 0 Å². The average molecular weight is 276 g/mol. The van der Waals surface area contributed by atoms with Gasteiger partial charge in [0.25, 0.3) is 0 Å². The molecule has 0 unspecified atom stereocenters. The summed E-state index contributed by atoms with van der Waals surface area (Å²) >= 11 is 0. The van der Waals surface area contributed by atoms with Crippen LogP contribution in [-0.2, 0) is 0 Å². The molecule has 0 spiro atoms. The Bertz CT molecular complexity index is 827. The summed E-state index contributed by atoms with van der Waals surface area (Å²) in [6.07, 6.45) is 6.17. The number of carbonyl (C=O) groups excluding carboxylic acids is 1. The van der Waals surface area contributed by atoms with Gasteiger partial charge in [-0.25, -0.2) is 4.98 Å². The number of hydrogen-bond donors (Lipinski definition) is 1. The third-order valence-corrected chi connectivity index (χ3v) is 3.08. The quantitative estimate of drug-likeness (QED) is 0.589. The number of rotatable bonds is 3. The summed E-state index contributed by atoms with van der Waals surface area (Å²) in [5.74, 6) is 0.0171. The zero-order valence-electron chi connectivity index (χ0n) is 11.1. The minimum Gasteiger partial charge on any atom is -0.507 e. The van der Waals surface area contributed by atoms with E-state index >= 15 is 0 Å². The first-order valence-electron chi connectivity index (χ1n) is 6.45. The van der Waals surface area contributed by atoms with Crippen LogP contribution >= 0.6 is 0 Å². The normalized spacial score (nSPS) is 11.0. The van der Waals surface area contributed by atoms with Crippen LogP contribution in [0.4, 0.5) is 0 Å². The molecule has 3 aromatic rings. The number of fused-ring (bicyclic) bond motifs is 1. The predicted octanol–water partition coefficient (Wildman–Crippen LogP) is 3.23. The van der Waals surface area contributed by atoms with Gasteiger partial charge >= 0.3 is 0 Å². The fraction of sp³-hybridized carbons (Fsp3) is 0. The predicted molar refractivity (Wildman–Crippen MR) is 81.0 cm³/mol. The molecule has 0 saturated heterocycles. The second-order valence-corrected chi connectivity index (χ2v) is 4.52. The van der Waals surface area contributed by atoms with E-state index in [1.165, 1.54) is 6.08 Å². The van der Waals surface area contributed by atoms with Gasteiger partial charge in [-0.05, 0) is 36.4 Å². The molecular formula is C17H12N2O2. The number of allylic oxidation sites excluding steroid dienone is 1. The highest BCUT2D eigenvalue weighted by Gasteiger charge is 2.04. The maximum atomic E-state index is 12.0. The number of carbonyl (C=O) groups is 1. The molecule has 1 aromatic carbocycles. The number of hydrogen-bond acceptors (Lipinski definition) is 4. The van der Waals surface area contributed by atoms with Gasteiger partial charge in [0.15, 0.2) is 5.78 Å². The van der Waals surface area contributed by atoms with Crippen LogP contribution in [0.25, 0.3) is 17.0 Å². The smallest absolute Gasteiger partial charge is 0.186 e. The van der Waals surface area contributed by atoms with Crippen molar-refractivity contribution in [2.45, 2.75) is 0 Å². The second-order valence-electron chi connectivity index (χ2n) is 4.52. The van der Waals surface area contributed by atoms with Gasteiger partial charge in [-0.2, -0.15) is 0 Å². The molecule has 0 radical (unpaired) electrons. The van der Waals surface area contributed by atoms with E-state index in [1.54, 1.807) is 42.7 Å². The Morgan fingerprint density at radius 1 is 1.10 bits per heavy atom. The molecule has 0 aliphatic carbocycles. The molecule has 0 atom stereocenters. The molecule has 4 heteroatoms. The molecule has 0 amide bonds. The van der Waals surface area contributed by atoms with E-state index in [0.29, 0.717) is 22.2 Å². The molecule has 0 saturated carbocycles. The van der Waals surface area contributed by atoms with Crippen LogP contribution in [0.5, 0.6) is 5.75 Å². The fourth-order valence-corrected chi connectivity index (χ4v) is 2.04. The molecule has 1 N–H and O–H groups in total. The van der Waals surface area contributed by atoms with Crippen molar-refractivity contribution in [1.29, 1.82) is 0 Å². The highest BCUT2D eigenvalue weighted by molar-refractivity contribution is 6.06. The molecule has 2 heterocycles. The Balaban J connectivity index is 1.91. The summed E-state index contributed by atoms with van der Waals surface area (Å²) in [5.41, 5.74) is 1.79. The average Bonchev–Trinajstić information content (AvgIpc) is 2.53.